The molecule has 34 heavy (non-hydrogen) atoms. The minimum Gasteiger partial charge on any atom is -0.493 e. The van der Waals surface area contributed by atoms with Crippen LogP contribution in [0.1, 0.15) is 48.1 Å². The van der Waals surface area contributed by atoms with Crippen LogP contribution in [0.4, 0.5) is 0 Å². The molecule has 1 aromatic carbocycles. The Labute approximate surface area is 196 Å². The Morgan fingerprint density at radius 1 is 1.24 bits per heavy atom. The fourth-order valence-corrected chi connectivity index (χ4v) is 5.18. The van der Waals surface area contributed by atoms with Crippen LogP contribution in [0.3, 0.4) is 0 Å². The van der Waals surface area contributed by atoms with Gasteiger partial charge < -0.3 is 28.3 Å². The number of methoxy groups -OCH3 is 1. The van der Waals surface area contributed by atoms with E-state index in [1.54, 1.807) is 19.6 Å². The van der Waals surface area contributed by atoms with Crippen LogP contribution >= 0.6 is 0 Å². The van der Waals surface area contributed by atoms with Crippen LogP contribution in [0.2, 0.25) is 0 Å². The van der Waals surface area contributed by atoms with Crippen molar-refractivity contribution in [1.29, 1.82) is 0 Å². The summed E-state index contributed by atoms with van der Waals surface area (Å²) in [5.74, 6) is -0.544. The van der Waals surface area contributed by atoms with Gasteiger partial charge >= 0.3 is 5.97 Å². The number of benzene rings is 1. The third-order valence-corrected chi connectivity index (χ3v) is 6.75. The fraction of sp³-hybridized carbons (Fsp3) is 0.385. The molecule has 1 N–H and O–H groups in total. The number of carboxylic acids is 1. The molecule has 2 atom stereocenters. The maximum Gasteiger partial charge on any atom is 0.341 e. The largest absolute Gasteiger partial charge is 0.493 e. The molecule has 0 saturated carbocycles. The molecule has 0 spiro atoms. The molecular formula is C26H27NO7. The minimum absolute atomic E-state index is 0.0265. The molecule has 8 nitrogen and oxygen atoms in total. The smallest absolute Gasteiger partial charge is 0.341 e. The van der Waals surface area contributed by atoms with Crippen molar-refractivity contribution in [2.75, 3.05) is 26.9 Å². The van der Waals surface area contributed by atoms with Crippen molar-refractivity contribution >= 4 is 5.97 Å². The van der Waals surface area contributed by atoms with Crippen LogP contribution in [0.25, 0.3) is 22.4 Å². The van der Waals surface area contributed by atoms with Crippen molar-refractivity contribution in [2.45, 2.75) is 37.8 Å². The second kappa shape index (κ2) is 8.45. The van der Waals surface area contributed by atoms with Gasteiger partial charge in [0.15, 0.2) is 5.43 Å². The van der Waals surface area contributed by atoms with E-state index in [1.165, 1.54) is 12.3 Å². The Bertz CT molecular complexity index is 1290. The highest BCUT2D eigenvalue weighted by Gasteiger charge is 2.49. The normalized spacial score (nSPS) is 19.9. The molecule has 1 fully saturated rings. The van der Waals surface area contributed by atoms with Crippen molar-refractivity contribution in [2.24, 2.45) is 0 Å². The van der Waals surface area contributed by atoms with Crippen molar-refractivity contribution < 1.29 is 28.5 Å². The quantitative estimate of drug-likeness (QED) is 0.518. The summed E-state index contributed by atoms with van der Waals surface area (Å²) < 4.78 is 24.7. The Kier molecular flexibility index (Phi) is 5.58. The van der Waals surface area contributed by atoms with Gasteiger partial charge in [-0.1, -0.05) is 0 Å². The molecule has 5 rings (SSSR count). The molecule has 0 aliphatic carbocycles. The number of carbonyl (C=O) groups is 1. The van der Waals surface area contributed by atoms with Crippen LogP contribution in [-0.4, -0.2) is 48.2 Å². The van der Waals surface area contributed by atoms with Gasteiger partial charge in [-0.3, -0.25) is 4.79 Å². The predicted octanol–water partition coefficient (Wildman–Crippen LogP) is 4.34. The third-order valence-electron chi connectivity index (χ3n) is 6.75. The Balaban J connectivity index is 1.72. The van der Waals surface area contributed by atoms with Crippen molar-refractivity contribution in [3.63, 3.8) is 0 Å². The van der Waals surface area contributed by atoms with E-state index < -0.39 is 17.0 Å². The highest BCUT2D eigenvalue weighted by atomic mass is 16.5. The molecule has 0 bridgehead atoms. The zero-order chi connectivity index (χ0) is 24.0. The number of fused-ring (bicyclic) bond motifs is 6. The number of aromatic carboxylic acids is 1. The summed E-state index contributed by atoms with van der Waals surface area (Å²) in [7, 11) is 1.66. The summed E-state index contributed by atoms with van der Waals surface area (Å²) in [6.07, 6.45) is 5.46. The number of furan rings is 1. The van der Waals surface area contributed by atoms with Gasteiger partial charge in [0.05, 0.1) is 43.1 Å². The summed E-state index contributed by atoms with van der Waals surface area (Å²) in [5.41, 5.74) is 2.91. The van der Waals surface area contributed by atoms with Gasteiger partial charge in [0.1, 0.15) is 11.3 Å². The molecule has 4 heterocycles. The Hall–Kier alpha value is -3.36. The van der Waals surface area contributed by atoms with Gasteiger partial charge in [-0.2, -0.15) is 0 Å². The monoisotopic (exact) mass is 465 g/mol. The molecule has 3 aromatic rings. The average Bonchev–Trinajstić information content (AvgIpc) is 3.44. The van der Waals surface area contributed by atoms with Crippen LogP contribution < -0.4 is 10.2 Å². The summed E-state index contributed by atoms with van der Waals surface area (Å²) >= 11 is 0. The minimum atomic E-state index is -1.24. The Morgan fingerprint density at radius 2 is 2.06 bits per heavy atom. The first-order valence-electron chi connectivity index (χ1n) is 11.3. The molecule has 1 unspecified atom stereocenters. The van der Waals surface area contributed by atoms with Crippen LogP contribution in [0.5, 0.6) is 5.75 Å². The van der Waals surface area contributed by atoms with E-state index in [9.17, 15) is 14.7 Å². The predicted molar refractivity (Wildman–Crippen MR) is 125 cm³/mol. The summed E-state index contributed by atoms with van der Waals surface area (Å²) in [6.45, 7) is 5.55. The molecule has 1 saturated heterocycles. The van der Waals surface area contributed by atoms with E-state index in [2.05, 4.69) is 0 Å². The van der Waals surface area contributed by atoms with Crippen molar-refractivity contribution in [3.05, 3.63) is 64.3 Å². The molecule has 0 radical (unpaired) electrons. The van der Waals surface area contributed by atoms with E-state index in [1.807, 2.05) is 36.6 Å². The lowest BCUT2D eigenvalue weighted by Gasteiger charge is -2.38. The first kappa shape index (κ1) is 22.4. The van der Waals surface area contributed by atoms with Crippen LogP contribution in [-0.2, 0) is 9.47 Å². The van der Waals surface area contributed by atoms with E-state index in [0.29, 0.717) is 25.5 Å². The molecule has 0 amide bonds. The fourth-order valence-electron chi connectivity index (χ4n) is 5.18. The van der Waals surface area contributed by atoms with Gasteiger partial charge in [-0.15, -0.1) is 0 Å². The first-order chi connectivity index (χ1) is 16.3. The first-order valence-corrected chi connectivity index (χ1v) is 11.3. The maximum absolute atomic E-state index is 12.7. The van der Waals surface area contributed by atoms with Crippen LogP contribution in [0.15, 0.2) is 52.2 Å². The SMILES string of the molecule is COCCCOc1cc2c(cc1-c1ccoc1)-c1cc(=O)c(C(=O)O)cn1C1[C@@H]2COC1(C)C. The number of hydrogen-bond donors (Lipinski definition) is 1. The molecule has 178 valence electrons. The molecule has 2 aliphatic rings. The number of rotatable bonds is 7. The maximum atomic E-state index is 12.7. The van der Waals surface area contributed by atoms with Crippen LogP contribution in [0, 0.1) is 0 Å². The second-order valence-electron chi connectivity index (χ2n) is 9.26. The zero-order valence-corrected chi connectivity index (χ0v) is 19.4. The number of hydrogen-bond acceptors (Lipinski definition) is 6. The van der Waals surface area contributed by atoms with Crippen molar-refractivity contribution in [1.82, 2.24) is 4.57 Å². The second-order valence-corrected chi connectivity index (χ2v) is 9.26. The van der Waals surface area contributed by atoms with Gasteiger partial charge in [-0.05, 0) is 37.6 Å². The lowest BCUT2D eigenvalue weighted by molar-refractivity contribution is 0.0145. The number of pyridine rings is 1. The van der Waals surface area contributed by atoms with Gasteiger partial charge in [0.25, 0.3) is 0 Å². The number of carboxylic acid groups (broad SMARTS) is 1. The van der Waals surface area contributed by atoms with Crippen molar-refractivity contribution in [3.8, 4) is 28.1 Å². The number of ether oxygens (including phenoxy) is 3. The highest BCUT2D eigenvalue weighted by molar-refractivity contribution is 5.88. The molecule has 2 aromatic heterocycles. The molecule has 2 aliphatic heterocycles. The summed E-state index contributed by atoms with van der Waals surface area (Å²) in [6, 6.07) is 7.14. The highest BCUT2D eigenvalue weighted by Crippen LogP contribution is 2.54. The lowest BCUT2D eigenvalue weighted by Crippen LogP contribution is -2.36. The molecular weight excluding hydrogens is 438 g/mol. The van der Waals surface area contributed by atoms with E-state index in [0.717, 1.165) is 34.4 Å². The lowest BCUT2D eigenvalue weighted by atomic mass is 9.78. The number of aromatic nitrogens is 1. The van der Waals surface area contributed by atoms with Gasteiger partial charge in [0, 0.05) is 55.0 Å². The third kappa shape index (κ3) is 3.63. The topological polar surface area (TPSA) is 100 Å². The summed E-state index contributed by atoms with van der Waals surface area (Å²) in [5, 5.41) is 9.58. The standard InChI is InChI=1S/C26H27NO7/c1-26(2)24-20(14-34-26)17-10-23(33-7-4-6-31-3)16(15-5-8-32-13-15)9-18(17)21-11-22(28)19(25(29)30)12-27(21)24/h5,8-13,20,24H,4,6-7,14H2,1-3H3,(H,29,30)/t20-,24?/m1/s1. The van der Waals surface area contributed by atoms with E-state index in [-0.39, 0.29) is 17.5 Å². The zero-order valence-electron chi connectivity index (χ0n) is 19.4. The van der Waals surface area contributed by atoms with E-state index in [4.69, 9.17) is 18.6 Å². The van der Waals surface area contributed by atoms with Gasteiger partial charge in [-0.25, -0.2) is 4.79 Å². The molecule has 8 heteroatoms. The average molecular weight is 466 g/mol. The van der Waals surface area contributed by atoms with Gasteiger partial charge in [0.2, 0.25) is 0 Å². The van der Waals surface area contributed by atoms with E-state index >= 15 is 0 Å². The Morgan fingerprint density at radius 3 is 2.76 bits per heavy atom. The summed E-state index contributed by atoms with van der Waals surface area (Å²) in [4.78, 5) is 24.4. The number of nitrogens with zero attached hydrogens (tertiary/aromatic N) is 1.